The lowest BCUT2D eigenvalue weighted by Gasteiger charge is -2.34. The molecule has 0 aliphatic carbocycles. The number of hydrogen-bond donors (Lipinski definition) is 1. The van der Waals surface area contributed by atoms with Gasteiger partial charge in [-0.3, -0.25) is 9.69 Å². The minimum absolute atomic E-state index is 0.0695. The second kappa shape index (κ2) is 8.27. The molecule has 1 fully saturated rings. The molecular formula is C20H27N5O. The lowest BCUT2D eigenvalue weighted by Crippen LogP contribution is -2.50. The highest BCUT2D eigenvalue weighted by Crippen LogP contribution is 2.22. The van der Waals surface area contributed by atoms with Gasteiger partial charge in [0.25, 0.3) is 0 Å². The summed E-state index contributed by atoms with van der Waals surface area (Å²) in [5.41, 5.74) is 0.513. The molecule has 3 rings (SSSR count). The molecule has 26 heavy (non-hydrogen) atoms. The van der Waals surface area contributed by atoms with Crippen LogP contribution in [-0.2, 0) is 10.2 Å². The maximum atomic E-state index is 12.6. The Labute approximate surface area is 155 Å². The van der Waals surface area contributed by atoms with Gasteiger partial charge in [-0.2, -0.15) is 0 Å². The zero-order chi connectivity index (χ0) is 18.4. The first-order valence-electron chi connectivity index (χ1n) is 9.15. The molecule has 1 saturated heterocycles. The number of nitrogens with zero attached hydrogens (tertiary/aromatic N) is 4. The summed E-state index contributed by atoms with van der Waals surface area (Å²) in [7, 11) is 0. The smallest absolute Gasteiger partial charge is 0.230 e. The average Bonchev–Trinajstić information content (AvgIpc) is 2.70. The molecule has 138 valence electrons. The molecule has 2 heterocycles. The fraction of sp³-hybridized carbons (Fsp3) is 0.450. The highest BCUT2D eigenvalue weighted by Gasteiger charge is 2.29. The van der Waals surface area contributed by atoms with Gasteiger partial charge in [0.2, 0.25) is 11.9 Å². The number of carbonyl (C=O) groups is 1. The van der Waals surface area contributed by atoms with Crippen LogP contribution in [0, 0.1) is 0 Å². The van der Waals surface area contributed by atoms with E-state index in [1.165, 1.54) is 0 Å². The van der Waals surface area contributed by atoms with Crippen LogP contribution in [0.4, 0.5) is 5.95 Å². The normalized spacial score (nSPS) is 15.7. The summed E-state index contributed by atoms with van der Waals surface area (Å²) < 4.78 is 0. The van der Waals surface area contributed by atoms with Gasteiger partial charge in [-0.05, 0) is 25.5 Å². The van der Waals surface area contributed by atoms with Gasteiger partial charge in [0.05, 0.1) is 5.41 Å². The molecule has 0 atom stereocenters. The predicted molar refractivity (Wildman–Crippen MR) is 103 cm³/mol. The van der Waals surface area contributed by atoms with E-state index in [1.54, 1.807) is 12.4 Å². The monoisotopic (exact) mass is 353 g/mol. The molecule has 0 bridgehead atoms. The van der Waals surface area contributed by atoms with Gasteiger partial charge in [-0.1, -0.05) is 30.3 Å². The zero-order valence-corrected chi connectivity index (χ0v) is 15.6. The van der Waals surface area contributed by atoms with Crippen molar-refractivity contribution >= 4 is 11.9 Å². The van der Waals surface area contributed by atoms with Crippen molar-refractivity contribution in [1.82, 2.24) is 20.2 Å². The van der Waals surface area contributed by atoms with Crippen LogP contribution in [0.5, 0.6) is 0 Å². The van der Waals surface area contributed by atoms with Crippen molar-refractivity contribution in [3.05, 3.63) is 54.4 Å². The second-order valence-electron chi connectivity index (χ2n) is 7.12. The summed E-state index contributed by atoms with van der Waals surface area (Å²) >= 11 is 0. The van der Waals surface area contributed by atoms with Gasteiger partial charge in [-0.25, -0.2) is 9.97 Å². The molecule has 1 aromatic heterocycles. The molecule has 0 unspecified atom stereocenters. The number of anilines is 1. The molecular weight excluding hydrogens is 326 g/mol. The van der Waals surface area contributed by atoms with Crippen molar-refractivity contribution in [2.75, 3.05) is 44.2 Å². The first kappa shape index (κ1) is 18.3. The van der Waals surface area contributed by atoms with Crippen LogP contribution in [0.15, 0.2) is 48.8 Å². The third-order valence-electron chi connectivity index (χ3n) is 4.98. The number of benzene rings is 1. The highest BCUT2D eigenvalue weighted by atomic mass is 16.2. The summed E-state index contributed by atoms with van der Waals surface area (Å²) in [6.07, 6.45) is 3.55. The van der Waals surface area contributed by atoms with E-state index < -0.39 is 5.41 Å². The molecule has 2 aromatic rings. The molecule has 0 saturated carbocycles. The Hall–Kier alpha value is -2.47. The molecule has 6 nitrogen and oxygen atoms in total. The zero-order valence-electron chi connectivity index (χ0n) is 15.6. The van der Waals surface area contributed by atoms with Crippen LogP contribution < -0.4 is 10.2 Å². The second-order valence-corrected chi connectivity index (χ2v) is 7.12. The molecule has 0 spiro atoms. The van der Waals surface area contributed by atoms with Crippen molar-refractivity contribution in [2.24, 2.45) is 0 Å². The Morgan fingerprint density at radius 2 is 1.69 bits per heavy atom. The van der Waals surface area contributed by atoms with Crippen LogP contribution >= 0.6 is 0 Å². The van der Waals surface area contributed by atoms with E-state index in [0.717, 1.165) is 44.2 Å². The van der Waals surface area contributed by atoms with Crippen LogP contribution in [-0.4, -0.2) is 60.0 Å². The van der Waals surface area contributed by atoms with Gasteiger partial charge >= 0.3 is 0 Å². The fourth-order valence-electron chi connectivity index (χ4n) is 3.16. The Morgan fingerprint density at radius 3 is 2.35 bits per heavy atom. The van der Waals surface area contributed by atoms with E-state index in [-0.39, 0.29) is 5.91 Å². The van der Waals surface area contributed by atoms with E-state index >= 15 is 0 Å². The van der Waals surface area contributed by atoms with Crippen molar-refractivity contribution in [3.8, 4) is 0 Å². The fourth-order valence-corrected chi connectivity index (χ4v) is 3.16. The first-order valence-corrected chi connectivity index (χ1v) is 9.15. The van der Waals surface area contributed by atoms with Crippen LogP contribution in [0.25, 0.3) is 0 Å². The summed E-state index contributed by atoms with van der Waals surface area (Å²) in [6, 6.07) is 11.8. The summed E-state index contributed by atoms with van der Waals surface area (Å²) in [5.74, 6) is 0.866. The summed E-state index contributed by atoms with van der Waals surface area (Å²) in [4.78, 5) is 25.8. The van der Waals surface area contributed by atoms with Crippen molar-refractivity contribution in [3.63, 3.8) is 0 Å². The van der Waals surface area contributed by atoms with Crippen molar-refractivity contribution in [2.45, 2.75) is 19.3 Å². The summed E-state index contributed by atoms with van der Waals surface area (Å²) in [6.45, 7) is 9.19. The van der Waals surface area contributed by atoms with Crippen molar-refractivity contribution < 1.29 is 4.79 Å². The van der Waals surface area contributed by atoms with E-state index in [1.807, 2.05) is 50.2 Å². The van der Waals surface area contributed by atoms with Crippen LogP contribution in [0.2, 0.25) is 0 Å². The standard InChI is InChI=1S/C20H27N5O/c1-20(2,17-7-4-3-5-8-17)18(26)21-11-12-24-13-15-25(16-14-24)19-22-9-6-10-23-19/h3-10H,11-16H2,1-2H3,(H,21,26). The van der Waals surface area contributed by atoms with E-state index in [2.05, 4.69) is 25.1 Å². The molecule has 1 aromatic carbocycles. The molecule has 1 aliphatic rings. The molecule has 1 amide bonds. The molecule has 6 heteroatoms. The minimum atomic E-state index is -0.523. The first-order chi connectivity index (χ1) is 12.6. The van der Waals surface area contributed by atoms with E-state index in [9.17, 15) is 4.79 Å². The molecule has 1 aliphatic heterocycles. The van der Waals surface area contributed by atoms with E-state index in [4.69, 9.17) is 0 Å². The van der Waals surface area contributed by atoms with Gasteiger partial charge < -0.3 is 10.2 Å². The Balaban J connectivity index is 1.42. The number of amides is 1. The maximum Gasteiger partial charge on any atom is 0.230 e. The topological polar surface area (TPSA) is 61.4 Å². The van der Waals surface area contributed by atoms with E-state index in [0.29, 0.717) is 6.54 Å². The Bertz CT molecular complexity index is 697. The summed E-state index contributed by atoms with van der Waals surface area (Å²) in [5, 5.41) is 3.09. The third kappa shape index (κ3) is 4.38. The number of carbonyl (C=O) groups excluding carboxylic acids is 1. The maximum absolute atomic E-state index is 12.6. The average molecular weight is 353 g/mol. The highest BCUT2D eigenvalue weighted by molar-refractivity contribution is 5.87. The minimum Gasteiger partial charge on any atom is -0.354 e. The predicted octanol–water partition coefficient (Wildman–Crippen LogP) is 1.69. The number of hydrogen-bond acceptors (Lipinski definition) is 5. The number of piperazine rings is 1. The lowest BCUT2D eigenvalue weighted by molar-refractivity contribution is -0.125. The van der Waals surface area contributed by atoms with Crippen LogP contribution in [0.3, 0.4) is 0 Å². The third-order valence-corrected chi connectivity index (χ3v) is 4.98. The van der Waals surface area contributed by atoms with Crippen LogP contribution in [0.1, 0.15) is 19.4 Å². The van der Waals surface area contributed by atoms with Gasteiger partial charge in [0, 0.05) is 51.7 Å². The van der Waals surface area contributed by atoms with Gasteiger partial charge in [0.1, 0.15) is 0 Å². The Kier molecular flexibility index (Phi) is 5.83. The SMILES string of the molecule is CC(C)(C(=O)NCCN1CCN(c2ncccn2)CC1)c1ccccc1. The number of rotatable bonds is 6. The van der Waals surface area contributed by atoms with Crippen molar-refractivity contribution in [1.29, 1.82) is 0 Å². The molecule has 0 radical (unpaired) electrons. The largest absolute Gasteiger partial charge is 0.354 e. The van der Waals surface area contributed by atoms with Gasteiger partial charge in [0.15, 0.2) is 0 Å². The molecule has 1 N–H and O–H groups in total. The number of nitrogens with one attached hydrogen (secondary N) is 1. The van der Waals surface area contributed by atoms with Gasteiger partial charge in [-0.15, -0.1) is 0 Å². The lowest BCUT2D eigenvalue weighted by atomic mass is 9.84. The Morgan fingerprint density at radius 1 is 1.04 bits per heavy atom. The quantitative estimate of drug-likeness (QED) is 0.856. The number of aromatic nitrogens is 2.